The minimum atomic E-state index is -0.686. The van der Waals surface area contributed by atoms with Crippen LogP contribution < -0.4 is 27.8 Å². The van der Waals surface area contributed by atoms with E-state index in [0.717, 1.165) is 80.7 Å². The number of carboxylic acids is 2. The molecule has 0 radical (unpaired) electrons. The van der Waals surface area contributed by atoms with Crippen molar-refractivity contribution in [1.29, 1.82) is 0 Å². The fourth-order valence-electron chi connectivity index (χ4n) is 6.94. The van der Waals surface area contributed by atoms with Crippen LogP contribution in [0.4, 0.5) is 0 Å². The van der Waals surface area contributed by atoms with E-state index >= 15 is 0 Å². The van der Waals surface area contributed by atoms with Gasteiger partial charge in [0.1, 0.15) is 5.78 Å². The van der Waals surface area contributed by atoms with Crippen LogP contribution in [0.1, 0.15) is 343 Å². The largest absolute Gasteiger partial charge is 0.481 e. The molecule has 4 amide bonds. The van der Waals surface area contributed by atoms with Gasteiger partial charge in [0, 0.05) is 88.5 Å². The lowest BCUT2D eigenvalue weighted by atomic mass is 9.96. The first-order chi connectivity index (χ1) is 56.1. The molecule has 0 aromatic carbocycles. The van der Waals surface area contributed by atoms with Crippen LogP contribution in [0.25, 0.3) is 0 Å². The molecule has 0 aliphatic heterocycles. The van der Waals surface area contributed by atoms with Crippen LogP contribution in [0.2, 0.25) is 0 Å². The number of aliphatic hydroxyl groups excluding tert-OH is 1. The highest BCUT2D eigenvalue weighted by atomic mass is 32.2. The van der Waals surface area contributed by atoms with Gasteiger partial charge in [-0.25, -0.2) is 0 Å². The Morgan fingerprint density at radius 3 is 0.867 bits per heavy atom. The molecular weight excluding hydrogens is 1720 g/mol. The van der Waals surface area contributed by atoms with Crippen LogP contribution in [-0.2, 0) is 38.3 Å². The lowest BCUT2D eigenvalue weighted by Gasteiger charge is -2.21. The number of hydrogen-bond donors (Lipinski definition) is 8. The molecule has 0 aromatic rings. The zero-order valence-electron chi connectivity index (χ0n) is 83.4. The summed E-state index contributed by atoms with van der Waals surface area (Å²) < 4.78 is 5.61. The molecule has 0 aliphatic carbocycles. The first kappa shape index (κ1) is 143. The number of ketones is 1. The summed E-state index contributed by atoms with van der Waals surface area (Å²) in [6.07, 6.45) is 25.2. The number of primary amides is 3. The van der Waals surface area contributed by atoms with Crippen molar-refractivity contribution >= 4 is 171 Å². The number of nitrogens with two attached hydrogens (primary N) is 3. The third-order valence-corrected chi connectivity index (χ3v) is 30.5. The van der Waals surface area contributed by atoms with Gasteiger partial charge in [-0.1, -0.05) is 223 Å². The van der Waals surface area contributed by atoms with Crippen molar-refractivity contribution in [1.82, 2.24) is 10.6 Å². The monoisotopic (exact) mass is 1910 g/mol. The van der Waals surface area contributed by atoms with Gasteiger partial charge in [-0.2, -0.15) is 129 Å². The normalized spacial score (nSPS) is 12.7. The van der Waals surface area contributed by atoms with Crippen LogP contribution in [-0.4, -0.2) is 214 Å². The van der Waals surface area contributed by atoms with Crippen molar-refractivity contribution < 1.29 is 53.6 Å². The fraction of sp³-hybridized carbons (Fsp3) is 0.925. The van der Waals surface area contributed by atoms with E-state index in [0.29, 0.717) is 30.0 Å². The molecule has 0 rings (SSSR count). The molecule has 120 heavy (non-hydrogen) atoms. The first-order valence-electron chi connectivity index (χ1n) is 45.7. The summed E-state index contributed by atoms with van der Waals surface area (Å²) in [6, 6.07) is 0.846. The van der Waals surface area contributed by atoms with E-state index in [4.69, 9.17) is 37.3 Å². The zero-order chi connectivity index (χ0) is 95.0. The molecule has 16 nitrogen and oxygen atoms in total. The van der Waals surface area contributed by atoms with Crippen LogP contribution >= 0.6 is 129 Å². The summed E-state index contributed by atoms with van der Waals surface area (Å²) >= 11 is 20.7. The second kappa shape index (κ2) is 110. The van der Waals surface area contributed by atoms with Gasteiger partial charge in [-0.3, -0.25) is 38.9 Å². The van der Waals surface area contributed by atoms with E-state index in [1.807, 2.05) is 119 Å². The molecule has 0 aliphatic rings. The summed E-state index contributed by atoms with van der Waals surface area (Å²) in [7, 11) is 0. The molecule has 0 bridgehead atoms. The Morgan fingerprint density at radius 2 is 0.617 bits per heavy atom. The van der Waals surface area contributed by atoms with Crippen LogP contribution in [0.3, 0.4) is 0 Å². The Labute approximate surface area is 791 Å². The summed E-state index contributed by atoms with van der Waals surface area (Å²) in [5.74, 6) is 23.1. The topological polar surface area (TPSA) is 292 Å². The number of carbonyl (C=O) groups is 7. The molecule has 0 aromatic heterocycles. The van der Waals surface area contributed by atoms with E-state index < -0.39 is 11.9 Å². The maximum Gasteiger partial charge on any atom is 0.307 e. The number of aliphatic carboxylic acids is 2. The Hall–Kier alpha value is 0.220. The molecule has 8 atom stereocenters. The number of amides is 4. The molecule has 8 unspecified atom stereocenters. The number of thioether (sulfide) groups is 11. The number of hydrogen-bond acceptors (Lipinski definition) is 21. The minimum absolute atomic E-state index is 0.0231. The van der Waals surface area contributed by atoms with Crippen molar-refractivity contribution in [2.24, 2.45) is 63.5 Å². The number of aliphatic hydroxyl groups is 1. The Balaban J connectivity index is -0.000000121. The van der Waals surface area contributed by atoms with Crippen LogP contribution in [0, 0.1) is 46.3 Å². The van der Waals surface area contributed by atoms with E-state index in [-0.39, 0.29) is 70.3 Å². The summed E-state index contributed by atoms with van der Waals surface area (Å²) in [5.41, 5.74) is 15.5. The number of carbonyl (C=O) groups excluding carboxylic acids is 5. The van der Waals surface area contributed by atoms with Crippen molar-refractivity contribution in [2.45, 2.75) is 367 Å². The van der Waals surface area contributed by atoms with Gasteiger partial charge in [0.15, 0.2) is 0 Å². The Bertz CT molecular complexity index is 2010. The summed E-state index contributed by atoms with van der Waals surface area (Å²) in [5, 5.41) is 32.1. The molecule has 27 heteroatoms. The second-order valence-electron chi connectivity index (χ2n) is 33.7. The highest BCUT2D eigenvalue weighted by Crippen LogP contribution is 2.23. The number of carboxylic acid groups (broad SMARTS) is 2. The molecule has 11 N–H and O–H groups in total. The second-order valence-corrected chi connectivity index (χ2v) is 46.4. The average molecular weight is 1920 g/mol. The van der Waals surface area contributed by atoms with Gasteiger partial charge in [0.05, 0.1) is 35.7 Å². The number of Topliss-reactive ketones (excluding diaryl/α,β-unsaturated/α-hetero) is 1. The maximum absolute atomic E-state index is 10.9. The van der Waals surface area contributed by atoms with Crippen molar-refractivity contribution in [2.75, 3.05) is 133 Å². The molecule has 0 saturated heterocycles. The molecular formula is C93H199N5O11S11. The van der Waals surface area contributed by atoms with E-state index in [2.05, 4.69) is 173 Å². The standard InChI is InChI=1S/C12H27NOS.2C9H19NOS.C9H18OS.C9H20S.C8H17NOS.2C8H16O2S.C8H18S.C7H16OS.C6H13NOS/c1-6-7-8-15-9-11(2)13-10-14-12(3,4)5;1-4-5-6-12-7-9(2,3)8(10)11;1-4-5-6-12-7-8(2)10-9(3)11;1-4-5-6-11-7-8(2)9(3)10;1-5-6-7-10-8-9(2,3)4;3*1-3-4-5-11-6-7(2)8(9)10;1-4-5-6-9-7-8(2)3;1-3-4-5-9-6-7(2)8;1-3-9-4-5(2)6(7)8/h11,13H,6-10H2,1-5H3;4-7H2,1-3H3,(H2,10,11);8H,4-7H2,1-3H3,(H,10,11);8H,4-7H2,1-3H3;5-8H2,1-4H3;7H,3-6H2,1-2H3,(H2,9,10);2*7H,3-6H2,1-2H3,(H,9,10);8H,4-7H2,1-3H3;7-8H,3-6H2,1-2H3;5H,3-4H2,1-2H3,(H2,7,8). The first-order valence-corrected chi connectivity index (χ1v) is 58.4. The average Bonchev–Trinajstić information content (AvgIpc) is 0.907. The van der Waals surface area contributed by atoms with Gasteiger partial charge in [-0.05, 0) is 199 Å². The highest BCUT2D eigenvalue weighted by Gasteiger charge is 2.24. The third-order valence-electron chi connectivity index (χ3n) is 15.6. The summed E-state index contributed by atoms with van der Waals surface area (Å²) in [4.78, 5) is 74.0. The minimum Gasteiger partial charge on any atom is -0.481 e. The Kier molecular flexibility index (Phi) is 131. The van der Waals surface area contributed by atoms with Gasteiger partial charge in [0.2, 0.25) is 23.6 Å². The molecule has 0 saturated carbocycles. The van der Waals surface area contributed by atoms with Crippen LogP contribution in [0.15, 0.2) is 0 Å². The van der Waals surface area contributed by atoms with Gasteiger partial charge in [0.25, 0.3) is 0 Å². The fourth-order valence-corrected chi connectivity index (χ4v) is 19.3. The number of nitrogens with one attached hydrogen (secondary N) is 2. The number of unbranched alkanes of at least 4 members (excludes halogenated alkanes) is 10. The van der Waals surface area contributed by atoms with E-state index in [1.54, 1.807) is 63.0 Å². The SMILES string of the molecule is CCCCSCC(C)(C)C.CCCCSCC(C)(C)C(N)=O.CCCCSCC(C)C.CCCCSCC(C)C(=O)O.CCCCSCC(C)C(=O)O.CCCCSCC(C)C(C)=O.CCCCSCC(C)C(N)=O.CCCCSCC(C)NC(C)=O.CCCCSCC(C)NCOC(C)(C)C.CCCCSCC(C)O.CCSCC(C)C(N)=O. The quantitative estimate of drug-likeness (QED) is 0.0207. The number of rotatable bonds is 62. The predicted octanol–water partition coefficient (Wildman–Crippen LogP) is 25.7. The molecule has 0 heterocycles. The van der Waals surface area contributed by atoms with Gasteiger partial charge in [-0.15, -0.1) is 0 Å². The van der Waals surface area contributed by atoms with Crippen molar-refractivity contribution in [3.63, 3.8) is 0 Å². The predicted molar refractivity (Wildman–Crippen MR) is 566 cm³/mol. The zero-order valence-corrected chi connectivity index (χ0v) is 92.4. The van der Waals surface area contributed by atoms with Crippen molar-refractivity contribution in [3.8, 4) is 0 Å². The van der Waals surface area contributed by atoms with Gasteiger partial charge >= 0.3 is 11.9 Å². The smallest absolute Gasteiger partial charge is 0.307 e. The maximum atomic E-state index is 10.9. The molecule has 0 fully saturated rings. The number of ether oxygens (including phenoxy) is 1. The lowest BCUT2D eigenvalue weighted by Crippen LogP contribution is -2.34. The van der Waals surface area contributed by atoms with Gasteiger partial charge < -0.3 is 42.6 Å². The van der Waals surface area contributed by atoms with E-state index in [1.165, 1.54) is 180 Å². The van der Waals surface area contributed by atoms with E-state index in [9.17, 15) is 33.6 Å². The Morgan fingerprint density at radius 1 is 0.350 bits per heavy atom. The highest BCUT2D eigenvalue weighted by molar-refractivity contribution is 8.01. The molecule has 728 valence electrons. The molecule has 0 spiro atoms. The van der Waals surface area contributed by atoms with Crippen molar-refractivity contribution in [3.05, 3.63) is 0 Å². The van der Waals surface area contributed by atoms with Crippen LogP contribution in [0.5, 0.6) is 0 Å². The third kappa shape index (κ3) is 152. The lowest BCUT2D eigenvalue weighted by molar-refractivity contribution is -0.141. The summed E-state index contributed by atoms with van der Waals surface area (Å²) in [6.45, 7) is 64.7.